The Bertz CT molecular complexity index is 568. The van der Waals surface area contributed by atoms with Crippen molar-refractivity contribution in [3.05, 3.63) is 48.0 Å². The second-order valence-corrected chi connectivity index (χ2v) is 6.47. The van der Waals surface area contributed by atoms with Gasteiger partial charge in [-0.15, -0.1) is 11.8 Å². The molecule has 0 aliphatic carbocycles. The summed E-state index contributed by atoms with van der Waals surface area (Å²) in [6.07, 6.45) is 7.16. The summed E-state index contributed by atoms with van der Waals surface area (Å²) in [5.41, 5.74) is 1.35. The molecule has 1 aromatic carbocycles. The number of hydrogen-bond acceptors (Lipinski definition) is 4. The molecule has 0 fully saturated rings. The maximum Gasteiger partial charge on any atom is 0.122 e. The molecule has 23 heavy (non-hydrogen) atoms. The Kier molecular flexibility index (Phi) is 7.65. The minimum atomic E-state index is 0.716. The fourth-order valence-corrected chi connectivity index (χ4v) is 3.01. The summed E-state index contributed by atoms with van der Waals surface area (Å²) >= 11 is 1.78. The number of methoxy groups -OCH3 is 1. The highest BCUT2D eigenvalue weighted by atomic mass is 32.2. The van der Waals surface area contributed by atoms with Crippen molar-refractivity contribution in [1.29, 1.82) is 0 Å². The third-order valence-corrected chi connectivity index (χ3v) is 4.55. The van der Waals surface area contributed by atoms with Crippen LogP contribution < -0.4 is 0 Å². The van der Waals surface area contributed by atoms with E-state index in [4.69, 9.17) is 4.74 Å². The van der Waals surface area contributed by atoms with Gasteiger partial charge in [-0.2, -0.15) is 0 Å². The van der Waals surface area contributed by atoms with E-state index in [9.17, 15) is 0 Å². The lowest BCUT2D eigenvalue weighted by Gasteiger charge is -2.22. The average Bonchev–Trinajstić information content (AvgIpc) is 3.01. The molecule has 0 amide bonds. The number of hydrogen-bond donors (Lipinski definition) is 0. The lowest BCUT2D eigenvalue weighted by atomic mass is 10.2. The van der Waals surface area contributed by atoms with E-state index in [1.807, 2.05) is 12.4 Å². The first-order chi connectivity index (χ1) is 11.3. The summed E-state index contributed by atoms with van der Waals surface area (Å²) in [6.45, 7) is 6.69. The van der Waals surface area contributed by atoms with Crippen LogP contribution in [0.5, 0.6) is 0 Å². The van der Waals surface area contributed by atoms with E-state index in [-0.39, 0.29) is 0 Å². The van der Waals surface area contributed by atoms with Crippen molar-refractivity contribution in [1.82, 2.24) is 14.5 Å². The second kappa shape index (κ2) is 9.75. The zero-order valence-corrected chi connectivity index (χ0v) is 15.2. The SMILES string of the molecule is CCCN(Cc1ccc(SC)cc1)Cc1nccn1CCOC. The number of thioether (sulfide) groups is 1. The zero-order chi connectivity index (χ0) is 16.5. The first-order valence-electron chi connectivity index (χ1n) is 8.11. The number of ether oxygens (including phenoxy) is 1. The minimum absolute atomic E-state index is 0.716. The molecule has 0 unspecified atom stereocenters. The Morgan fingerprint density at radius 3 is 2.65 bits per heavy atom. The van der Waals surface area contributed by atoms with Gasteiger partial charge >= 0.3 is 0 Å². The van der Waals surface area contributed by atoms with Crippen LogP contribution in [0.4, 0.5) is 0 Å². The van der Waals surface area contributed by atoms with E-state index in [1.165, 1.54) is 10.5 Å². The van der Waals surface area contributed by atoms with E-state index < -0.39 is 0 Å². The molecule has 0 saturated carbocycles. The highest BCUT2D eigenvalue weighted by Gasteiger charge is 2.10. The summed E-state index contributed by atoms with van der Waals surface area (Å²) in [5.74, 6) is 1.11. The molecule has 0 atom stereocenters. The molecule has 0 saturated heterocycles. The van der Waals surface area contributed by atoms with E-state index >= 15 is 0 Å². The molecule has 126 valence electrons. The molecule has 1 heterocycles. The van der Waals surface area contributed by atoms with Crippen molar-refractivity contribution in [2.45, 2.75) is 37.9 Å². The molecule has 1 aromatic heterocycles. The molecule has 0 aliphatic heterocycles. The molecule has 0 spiro atoms. The van der Waals surface area contributed by atoms with Gasteiger partial charge in [-0.25, -0.2) is 4.98 Å². The van der Waals surface area contributed by atoms with E-state index in [2.05, 4.69) is 51.9 Å². The molecule has 2 aromatic rings. The lowest BCUT2D eigenvalue weighted by molar-refractivity contribution is 0.183. The van der Waals surface area contributed by atoms with Gasteiger partial charge in [-0.1, -0.05) is 19.1 Å². The number of nitrogens with zero attached hydrogens (tertiary/aromatic N) is 3. The Hall–Kier alpha value is -1.30. The maximum atomic E-state index is 5.18. The van der Waals surface area contributed by atoms with Crippen LogP contribution in [0.2, 0.25) is 0 Å². The van der Waals surface area contributed by atoms with Crippen molar-refractivity contribution in [3.63, 3.8) is 0 Å². The third kappa shape index (κ3) is 5.68. The van der Waals surface area contributed by atoms with Gasteiger partial charge in [0.15, 0.2) is 0 Å². The molecule has 4 nitrogen and oxygen atoms in total. The Morgan fingerprint density at radius 1 is 1.22 bits per heavy atom. The smallest absolute Gasteiger partial charge is 0.122 e. The van der Waals surface area contributed by atoms with Crippen LogP contribution in [-0.4, -0.2) is 41.0 Å². The summed E-state index contributed by atoms with van der Waals surface area (Å²) in [7, 11) is 1.73. The Balaban J connectivity index is 2.01. The highest BCUT2D eigenvalue weighted by molar-refractivity contribution is 7.98. The largest absolute Gasteiger partial charge is 0.383 e. The molecule has 0 N–H and O–H groups in total. The summed E-state index contributed by atoms with van der Waals surface area (Å²) in [4.78, 5) is 8.29. The van der Waals surface area contributed by atoms with Gasteiger partial charge in [-0.05, 0) is 36.9 Å². The average molecular weight is 334 g/mol. The number of benzene rings is 1. The topological polar surface area (TPSA) is 30.3 Å². The van der Waals surface area contributed by atoms with Gasteiger partial charge in [-0.3, -0.25) is 4.90 Å². The minimum Gasteiger partial charge on any atom is -0.383 e. The maximum absolute atomic E-state index is 5.18. The van der Waals surface area contributed by atoms with Gasteiger partial charge in [0.1, 0.15) is 5.82 Å². The fraction of sp³-hybridized carbons (Fsp3) is 0.500. The predicted octanol–water partition coefficient (Wildman–Crippen LogP) is 3.66. The van der Waals surface area contributed by atoms with Gasteiger partial charge < -0.3 is 9.30 Å². The number of rotatable bonds is 10. The predicted molar refractivity (Wildman–Crippen MR) is 96.7 cm³/mol. The van der Waals surface area contributed by atoms with Gasteiger partial charge in [0.25, 0.3) is 0 Å². The normalized spacial score (nSPS) is 11.3. The third-order valence-electron chi connectivity index (χ3n) is 3.81. The van der Waals surface area contributed by atoms with Crippen LogP contribution >= 0.6 is 11.8 Å². The van der Waals surface area contributed by atoms with Crippen LogP contribution in [0.1, 0.15) is 24.7 Å². The number of aromatic nitrogens is 2. The van der Waals surface area contributed by atoms with E-state index in [0.29, 0.717) is 6.61 Å². The van der Waals surface area contributed by atoms with Crippen molar-refractivity contribution < 1.29 is 4.74 Å². The standard InChI is InChI=1S/C18H27N3OS/c1-4-10-20(14-16-5-7-17(23-3)8-6-16)15-18-19-9-11-21(18)12-13-22-2/h5-9,11H,4,10,12-15H2,1-3H3. The zero-order valence-electron chi connectivity index (χ0n) is 14.4. The van der Waals surface area contributed by atoms with Crippen LogP contribution in [0.15, 0.2) is 41.6 Å². The van der Waals surface area contributed by atoms with Gasteiger partial charge in [0.05, 0.1) is 13.2 Å². The van der Waals surface area contributed by atoms with E-state index in [1.54, 1.807) is 18.9 Å². The lowest BCUT2D eigenvalue weighted by Crippen LogP contribution is -2.25. The Labute approximate surface area is 143 Å². The first-order valence-corrected chi connectivity index (χ1v) is 9.33. The Morgan fingerprint density at radius 2 is 2.00 bits per heavy atom. The van der Waals surface area contributed by atoms with Crippen molar-refractivity contribution >= 4 is 11.8 Å². The monoisotopic (exact) mass is 333 g/mol. The molecular formula is C18H27N3OS. The molecule has 0 aliphatic rings. The van der Waals surface area contributed by atoms with Gasteiger partial charge in [0, 0.05) is 37.5 Å². The van der Waals surface area contributed by atoms with Crippen molar-refractivity contribution in [2.24, 2.45) is 0 Å². The first kappa shape index (κ1) is 18.0. The highest BCUT2D eigenvalue weighted by Crippen LogP contribution is 2.16. The van der Waals surface area contributed by atoms with E-state index in [0.717, 1.165) is 38.4 Å². The summed E-state index contributed by atoms with van der Waals surface area (Å²) in [6, 6.07) is 8.85. The molecule has 0 bridgehead atoms. The molecule has 5 heteroatoms. The van der Waals surface area contributed by atoms with Crippen LogP contribution in [-0.2, 0) is 24.4 Å². The quantitative estimate of drug-likeness (QED) is 0.621. The second-order valence-electron chi connectivity index (χ2n) is 5.59. The van der Waals surface area contributed by atoms with Gasteiger partial charge in [0.2, 0.25) is 0 Å². The van der Waals surface area contributed by atoms with Crippen LogP contribution in [0, 0.1) is 0 Å². The van der Waals surface area contributed by atoms with Crippen molar-refractivity contribution in [2.75, 3.05) is 26.5 Å². The van der Waals surface area contributed by atoms with Crippen molar-refractivity contribution in [3.8, 4) is 0 Å². The molecule has 2 rings (SSSR count). The van der Waals surface area contributed by atoms with Crippen LogP contribution in [0.25, 0.3) is 0 Å². The fourth-order valence-electron chi connectivity index (χ4n) is 2.60. The molecule has 0 radical (unpaired) electrons. The summed E-state index contributed by atoms with van der Waals surface area (Å²) in [5, 5.41) is 0. The summed E-state index contributed by atoms with van der Waals surface area (Å²) < 4.78 is 7.36. The van der Waals surface area contributed by atoms with Crippen LogP contribution in [0.3, 0.4) is 0 Å². The number of imidazole rings is 1. The molecular weight excluding hydrogens is 306 g/mol.